The molecule has 2 amide bonds. The summed E-state index contributed by atoms with van der Waals surface area (Å²) in [6.07, 6.45) is 2.87. The Morgan fingerprint density at radius 1 is 1.15 bits per heavy atom. The van der Waals surface area contributed by atoms with Gasteiger partial charge in [0.1, 0.15) is 10.8 Å². The van der Waals surface area contributed by atoms with Crippen molar-refractivity contribution in [3.63, 3.8) is 0 Å². The van der Waals surface area contributed by atoms with E-state index in [-0.39, 0.29) is 36.5 Å². The van der Waals surface area contributed by atoms with Crippen molar-refractivity contribution >= 4 is 23.2 Å². The molecule has 4 rings (SSSR count). The third-order valence-corrected chi connectivity index (χ3v) is 7.01. The molecule has 5 nitrogen and oxygen atoms in total. The number of benzene rings is 2. The Morgan fingerprint density at radius 3 is 2.79 bits per heavy atom. The number of hydrogen-bond acceptors (Lipinski definition) is 4. The summed E-state index contributed by atoms with van der Waals surface area (Å²) in [6.45, 7) is 2.84. The first-order valence-electron chi connectivity index (χ1n) is 11.3. The number of hydrogen-bond donors (Lipinski definition) is 1. The van der Waals surface area contributed by atoms with E-state index in [9.17, 15) is 14.0 Å². The largest absolute Gasteiger partial charge is 0.350 e. The van der Waals surface area contributed by atoms with E-state index in [1.54, 1.807) is 13.0 Å². The van der Waals surface area contributed by atoms with Crippen LogP contribution in [0.2, 0.25) is 0 Å². The van der Waals surface area contributed by atoms with E-state index in [0.717, 1.165) is 41.2 Å². The van der Waals surface area contributed by atoms with Crippen LogP contribution in [-0.4, -0.2) is 28.2 Å². The van der Waals surface area contributed by atoms with Crippen molar-refractivity contribution in [2.24, 2.45) is 0 Å². The molecule has 0 bridgehead atoms. The van der Waals surface area contributed by atoms with Crippen LogP contribution in [0, 0.1) is 12.7 Å². The molecule has 3 aromatic rings. The quantitative estimate of drug-likeness (QED) is 0.513. The van der Waals surface area contributed by atoms with Crippen molar-refractivity contribution in [1.82, 2.24) is 15.2 Å². The van der Waals surface area contributed by atoms with Gasteiger partial charge >= 0.3 is 0 Å². The van der Waals surface area contributed by atoms with Gasteiger partial charge in [0.15, 0.2) is 0 Å². The minimum Gasteiger partial charge on any atom is -0.350 e. The van der Waals surface area contributed by atoms with Crippen molar-refractivity contribution < 1.29 is 14.0 Å². The standard InChI is InChI=1S/C26H28FN3O2S/c1-18-20(9-5-10-22(18)27)15-21-17-33-25(29-21)16-28-24(31)12-13-26(32)30-14-6-11-23(30)19-7-3-2-4-8-19/h2-5,7-10,17,23H,6,11-16H2,1H3,(H,28,31). The lowest BCUT2D eigenvalue weighted by atomic mass is 10.0. The first-order valence-corrected chi connectivity index (χ1v) is 12.2. The van der Waals surface area contributed by atoms with Crippen LogP contribution in [0.4, 0.5) is 4.39 Å². The maximum Gasteiger partial charge on any atom is 0.223 e. The average Bonchev–Trinajstić information content (AvgIpc) is 3.49. The fourth-order valence-corrected chi connectivity index (χ4v) is 5.00. The highest BCUT2D eigenvalue weighted by molar-refractivity contribution is 7.09. The van der Waals surface area contributed by atoms with E-state index in [1.807, 2.05) is 34.5 Å². The van der Waals surface area contributed by atoms with Crippen LogP contribution in [0.5, 0.6) is 0 Å². The van der Waals surface area contributed by atoms with Gasteiger partial charge in [0.2, 0.25) is 11.8 Å². The molecule has 1 saturated heterocycles. The molecule has 0 radical (unpaired) electrons. The summed E-state index contributed by atoms with van der Waals surface area (Å²) in [6, 6.07) is 15.2. The number of amides is 2. The van der Waals surface area contributed by atoms with Gasteiger partial charge in [-0.15, -0.1) is 11.3 Å². The Morgan fingerprint density at radius 2 is 1.97 bits per heavy atom. The van der Waals surface area contributed by atoms with Gasteiger partial charge in [0.05, 0.1) is 18.3 Å². The molecule has 1 aromatic heterocycles. The molecule has 7 heteroatoms. The number of likely N-dealkylation sites (tertiary alicyclic amines) is 1. The normalized spacial score (nSPS) is 15.6. The predicted octanol–water partition coefficient (Wildman–Crippen LogP) is 4.94. The highest BCUT2D eigenvalue weighted by atomic mass is 32.1. The van der Waals surface area contributed by atoms with Crippen LogP contribution in [-0.2, 0) is 22.6 Å². The first kappa shape index (κ1) is 23.1. The lowest BCUT2D eigenvalue weighted by Gasteiger charge is -2.25. The SMILES string of the molecule is Cc1c(F)cccc1Cc1csc(CNC(=O)CCC(=O)N2CCCC2c2ccccc2)n1. The Bertz CT molecular complexity index is 1120. The monoisotopic (exact) mass is 465 g/mol. The fraction of sp³-hybridized carbons (Fsp3) is 0.346. The van der Waals surface area contributed by atoms with Gasteiger partial charge < -0.3 is 10.2 Å². The van der Waals surface area contributed by atoms with Crippen molar-refractivity contribution in [3.8, 4) is 0 Å². The summed E-state index contributed by atoms with van der Waals surface area (Å²) in [4.78, 5) is 31.5. The number of carbonyl (C=O) groups excluding carboxylic acids is 2. The molecular formula is C26H28FN3O2S. The zero-order valence-corrected chi connectivity index (χ0v) is 19.5. The van der Waals surface area contributed by atoms with Gasteiger partial charge in [0, 0.05) is 31.2 Å². The second-order valence-electron chi connectivity index (χ2n) is 8.37. The van der Waals surface area contributed by atoms with Crippen molar-refractivity contribution in [2.75, 3.05) is 6.54 Å². The summed E-state index contributed by atoms with van der Waals surface area (Å²) in [5.74, 6) is -0.344. The third-order valence-electron chi connectivity index (χ3n) is 6.11. The Hall–Kier alpha value is -3.06. The minimum absolute atomic E-state index is 0.0264. The zero-order valence-electron chi connectivity index (χ0n) is 18.7. The molecular weight excluding hydrogens is 437 g/mol. The molecule has 172 valence electrons. The lowest BCUT2D eigenvalue weighted by Crippen LogP contribution is -2.32. The summed E-state index contributed by atoms with van der Waals surface area (Å²) >= 11 is 1.47. The van der Waals surface area contributed by atoms with Gasteiger partial charge in [-0.25, -0.2) is 9.37 Å². The predicted molar refractivity (Wildman–Crippen MR) is 127 cm³/mol. The van der Waals surface area contributed by atoms with Crippen LogP contribution < -0.4 is 5.32 Å². The second-order valence-corrected chi connectivity index (χ2v) is 9.31. The molecule has 0 saturated carbocycles. The molecule has 1 fully saturated rings. The smallest absolute Gasteiger partial charge is 0.223 e. The molecule has 1 unspecified atom stereocenters. The molecule has 0 spiro atoms. The number of aromatic nitrogens is 1. The maximum atomic E-state index is 13.7. The van der Waals surface area contributed by atoms with E-state index in [0.29, 0.717) is 18.5 Å². The maximum absolute atomic E-state index is 13.7. The van der Waals surface area contributed by atoms with Crippen molar-refractivity contribution in [2.45, 2.75) is 51.6 Å². The molecule has 1 aliphatic heterocycles. The van der Waals surface area contributed by atoms with Crippen LogP contribution in [0.25, 0.3) is 0 Å². The van der Waals surface area contributed by atoms with Crippen LogP contribution in [0.3, 0.4) is 0 Å². The number of nitrogens with one attached hydrogen (secondary N) is 1. The molecule has 2 heterocycles. The molecule has 33 heavy (non-hydrogen) atoms. The molecule has 1 aliphatic rings. The Balaban J connectivity index is 1.24. The van der Waals surface area contributed by atoms with E-state index >= 15 is 0 Å². The van der Waals surface area contributed by atoms with Crippen LogP contribution in [0.15, 0.2) is 53.9 Å². The molecule has 1 atom stereocenters. The third kappa shape index (κ3) is 5.85. The zero-order chi connectivity index (χ0) is 23.2. The van der Waals surface area contributed by atoms with Gasteiger partial charge in [-0.05, 0) is 42.5 Å². The summed E-state index contributed by atoms with van der Waals surface area (Å²) in [7, 11) is 0. The minimum atomic E-state index is -0.214. The topological polar surface area (TPSA) is 62.3 Å². The summed E-state index contributed by atoms with van der Waals surface area (Å²) in [5, 5.41) is 5.59. The van der Waals surface area contributed by atoms with Crippen LogP contribution >= 0.6 is 11.3 Å². The number of nitrogens with zero attached hydrogens (tertiary/aromatic N) is 2. The lowest BCUT2D eigenvalue weighted by molar-refractivity contribution is -0.134. The second kappa shape index (κ2) is 10.7. The average molecular weight is 466 g/mol. The first-order chi connectivity index (χ1) is 16.0. The van der Waals surface area contributed by atoms with E-state index in [2.05, 4.69) is 22.4 Å². The van der Waals surface area contributed by atoms with Gasteiger partial charge in [-0.3, -0.25) is 9.59 Å². The fourth-order valence-electron chi connectivity index (χ4n) is 4.26. The van der Waals surface area contributed by atoms with Crippen molar-refractivity contribution in [3.05, 3.63) is 87.1 Å². The summed E-state index contributed by atoms with van der Waals surface area (Å²) in [5.41, 5.74) is 3.55. The van der Waals surface area contributed by atoms with Gasteiger partial charge in [0.25, 0.3) is 0 Å². The Labute approximate surface area is 197 Å². The number of rotatable bonds is 8. The molecule has 2 aromatic carbocycles. The highest BCUT2D eigenvalue weighted by Gasteiger charge is 2.29. The number of thiazole rings is 1. The Kier molecular flexibility index (Phi) is 7.50. The molecule has 0 aliphatic carbocycles. The van der Waals surface area contributed by atoms with E-state index < -0.39 is 0 Å². The highest BCUT2D eigenvalue weighted by Crippen LogP contribution is 2.32. The van der Waals surface area contributed by atoms with Crippen LogP contribution in [0.1, 0.15) is 59.1 Å². The number of halogens is 1. The number of carbonyl (C=O) groups is 2. The van der Waals surface area contributed by atoms with E-state index in [1.165, 1.54) is 17.4 Å². The molecule has 1 N–H and O–H groups in total. The van der Waals surface area contributed by atoms with Crippen molar-refractivity contribution in [1.29, 1.82) is 0 Å². The van der Waals surface area contributed by atoms with Gasteiger partial charge in [-0.1, -0.05) is 42.5 Å². The van der Waals surface area contributed by atoms with Gasteiger partial charge in [-0.2, -0.15) is 0 Å². The summed E-state index contributed by atoms with van der Waals surface area (Å²) < 4.78 is 13.7. The van der Waals surface area contributed by atoms with E-state index in [4.69, 9.17) is 0 Å².